The average Bonchev–Trinajstić information content (AvgIpc) is 3.16. The predicted octanol–water partition coefficient (Wildman–Crippen LogP) is 2.99. The number of benzene rings is 1. The van der Waals surface area contributed by atoms with Crippen LogP contribution in [0.15, 0.2) is 30.3 Å². The SMILES string of the molecule is CCC(O)Cn1nc(COc2ccccc2)nc1-c1nn(C)c(C)c1Cl. The number of aryl methyl sites for hydroxylation is 1. The standard InChI is InChI=1S/C18H22ClN5O2/c1-4-13(25)10-24-18(17-16(19)12(2)23(3)22-17)20-15(21-24)11-26-14-8-6-5-7-9-14/h5-9,13,25H,4,10-11H2,1-3H3. The molecule has 138 valence electrons. The van der Waals surface area contributed by atoms with Crippen molar-refractivity contribution in [2.24, 2.45) is 7.05 Å². The Bertz CT molecular complexity index is 875. The zero-order valence-electron chi connectivity index (χ0n) is 15.1. The Labute approximate surface area is 157 Å². The van der Waals surface area contributed by atoms with Gasteiger partial charge in [0.2, 0.25) is 0 Å². The lowest BCUT2D eigenvalue weighted by Crippen LogP contribution is -2.17. The van der Waals surface area contributed by atoms with E-state index >= 15 is 0 Å². The van der Waals surface area contributed by atoms with Crippen LogP contribution in [0.25, 0.3) is 11.5 Å². The summed E-state index contributed by atoms with van der Waals surface area (Å²) in [5.41, 5.74) is 1.39. The van der Waals surface area contributed by atoms with Gasteiger partial charge in [-0.3, -0.25) is 4.68 Å². The van der Waals surface area contributed by atoms with E-state index in [0.29, 0.717) is 35.3 Å². The summed E-state index contributed by atoms with van der Waals surface area (Å²) in [5.74, 6) is 1.77. The first kappa shape index (κ1) is 18.4. The van der Waals surface area contributed by atoms with Gasteiger partial charge in [0.1, 0.15) is 18.1 Å². The van der Waals surface area contributed by atoms with Gasteiger partial charge in [0.05, 0.1) is 23.4 Å². The van der Waals surface area contributed by atoms with Crippen molar-refractivity contribution in [1.29, 1.82) is 0 Å². The topological polar surface area (TPSA) is 78.0 Å². The van der Waals surface area contributed by atoms with Crippen molar-refractivity contribution in [2.45, 2.75) is 39.5 Å². The Balaban J connectivity index is 1.91. The Kier molecular flexibility index (Phi) is 5.58. The van der Waals surface area contributed by atoms with Crippen molar-refractivity contribution in [2.75, 3.05) is 0 Å². The number of aliphatic hydroxyl groups excluding tert-OH is 1. The maximum Gasteiger partial charge on any atom is 0.188 e. The minimum Gasteiger partial charge on any atom is -0.486 e. The first-order chi connectivity index (χ1) is 12.5. The molecule has 1 N–H and O–H groups in total. The molecular formula is C18H22ClN5O2. The summed E-state index contributed by atoms with van der Waals surface area (Å²) >= 11 is 6.42. The minimum atomic E-state index is -0.526. The molecule has 0 amide bonds. The lowest BCUT2D eigenvalue weighted by molar-refractivity contribution is 0.145. The summed E-state index contributed by atoms with van der Waals surface area (Å²) < 4.78 is 9.07. The summed E-state index contributed by atoms with van der Waals surface area (Å²) in [6, 6.07) is 9.48. The quantitative estimate of drug-likeness (QED) is 0.686. The number of aromatic nitrogens is 5. The summed E-state index contributed by atoms with van der Waals surface area (Å²) in [5, 5.41) is 19.5. The molecule has 0 spiro atoms. The van der Waals surface area contributed by atoms with E-state index in [9.17, 15) is 5.11 Å². The summed E-state index contributed by atoms with van der Waals surface area (Å²) in [6.45, 7) is 4.34. The van der Waals surface area contributed by atoms with Gasteiger partial charge in [0.15, 0.2) is 11.6 Å². The molecule has 0 radical (unpaired) electrons. The molecule has 2 heterocycles. The number of para-hydroxylation sites is 1. The van der Waals surface area contributed by atoms with E-state index in [1.807, 2.05) is 51.2 Å². The van der Waals surface area contributed by atoms with Gasteiger partial charge in [0.25, 0.3) is 0 Å². The number of hydrogen-bond donors (Lipinski definition) is 1. The monoisotopic (exact) mass is 375 g/mol. The van der Waals surface area contributed by atoms with Crippen LogP contribution in [0.1, 0.15) is 24.9 Å². The first-order valence-electron chi connectivity index (χ1n) is 8.48. The van der Waals surface area contributed by atoms with E-state index < -0.39 is 6.10 Å². The highest BCUT2D eigenvalue weighted by molar-refractivity contribution is 6.33. The number of hydrogen-bond acceptors (Lipinski definition) is 5. The van der Waals surface area contributed by atoms with Crippen LogP contribution in [0.4, 0.5) is 0 Å². The van der Waals surface area contributed by atoms with Crippen molar-refractivity contribution in [3.63, 3.8) is 0 Å². The van der Waals surface area contributed by atoms with Gasteiger partial charge in [-0.2, -0.15) is 10.2 Å². The molecule has 3 aromatic rings. The fourth-order valence-electron chi connectivity index (χ4n) is 2.47. The maximum absolute atomic E-state index is 10.1. The number of nitrogens with zero attached hydrogens (tertiary/aromatic N) is 5. The smallest absolute Gasteiger partial charge is 0.188 e. The Morgan fingerprint density at radius 3 is 2.58 bits per heavy atom. The van der Waals surface area contributed by atoms with Gasteiger partial charge < -0.3 is 9.84 Å². The van der Waals surface area contributed by atoms with Crippen molar-refractivity contribution in [3.8, 4) is 17.3 Å². The van der Waals surface area contributed by atoms with Gasteiger partial charge in [-0.15, -0.1) is 0 Å². The molecule has 8 heteroatoms. The number of ether oxygens (including phenoxy) is 1. The van der Waals surface area contributed by atoms with E-state index in [4.69, 9.17) is 16.3 Å². The molecular weight excluding hydrogens is 354 g/mol. The molecule has 0 bridgehead atoms. The largest absolute Gasteiger partial charge is 0.486 e. The lowest BCUT2D eigenvalue weighted by Gasteiger charge is -2.09. The number of aliphatic hydroxyl groups is 1. The van der Waals surface area contributed by atoms with E-state index in [1.165, 1.54) is 0 Å². The van der Waals surface area contributed by atoms with E-state index in [1.54, 1.807) is 9.36 Å². The third-order valence-corrected chi connectivity index (χ3v) is 4.61. The molecule has 0 saturated heterocycles. The molecule has 0 fully saturated rings. The zero-order valence-corrected chi connectivity index (χ0v) is 15.8. The van der Waals surface area contributed by atoms with Crippen LogP contribution in [0, 0.1) is 6.92 Å². The minimum absolute atomic E-state index is 0.218. The summed E-state index contributed by atoms with van der Waals surface area (Å²) in [6.07, 6.45) is 0.0892. The maximum atomic E-state index is 10.1. The highest BCUT2D eigenvalue weighted by Crippen LogP contribution is 2.28. The second-order valence-corrected chi connectivity index (χ2v) is 6.45. The van der Waals surface area contributed by atoms with E-state index in [2.05, 4.69) is 15.2 Å². The fourth-order valence-corrected chi connectivity index (χ4v) is 2.72. The molecule has 3 rings (SSSR count). The second kappa shape index (κ2) is 7.88. The first-order valence-corrected chi connectivity index (χ1v) is 8.86. The fraction of sp³-hybridized carbons (Fsp3) is 0.389. The molecule has 0 aliphatic carbocycles. The van der Waals surface area contributed by atoms with Crippen LogP contribution < -0.4 is 4.74 Å². The van der Waals surface area contributed by atoms with Crippen molar-refractivity contribution in [3.05, 3.63) is 46.9 Å². The molecule has 1 atom stereocenters. The van der Waals surface area contributed by atoms with Gasteiger partial charge in [-0.1, -0.05) is 36.7 Å². The Hall–Kier alpha value is -2.38. The normalized spacial score (nSPS) is 12.3. The zero-order chi connectivity index (χ0) is 18.7. The Morgan fingerprint density at radius 2 is 1.96 bits per heavy atom. The van der Waals surface area contributed by atoms with E-state index in [0.717, 1.165) is 11.4 Å². The molecule has 1 aromatic carbocycles. The van der Waals surface area contributed by atoms with Gasteiger partial charge in [-0.25, -0.2) is 9.67 Å². The van der Waals surface area contributed by atoms with Crippen molar-refractivity contribution < 1.29 is 9.84 Å². The van der Waals surface area contributed by atoms with Crippen LogP contribution in [0.3, 0.4) is 0 Å². The molecule has 1 unspecified atom stereocenters. The third kappa shape index (κ3) is 3.89. The number of rotatable bonds is 7. The van der Waals surface area contributed by atoms with Gasteiger partial charge in [-0.05, 0) is 25.5 Å². The molecule has 0 saturated carbocycles. The van der Waals surface area contributed by atoms with Crippen LogP contribution in [0.2, 0.25) is 5.02 Å². The summed E-state index contributed by atoms with van der Waals surface area (Å²) in [4.78, 5) is 4.55. The van der Waals surface area contributed by atoms with Crippen LogP contribution in [-0.4, -0.2) is 35.8 Å². The van der Waals surface area contributed by atoms with Crippen LogP contribution in [0.5, 0.6) is 5.75 Å². The van der Waals surface area contributed by atoms with Crippen LogP contribution in [-0.2, 0) is 20.2 Å². The predicted molar refractivity (Wildman–Crippen MR) is 99.0 cm³/mol. The van der Waals surface area contributed by atoms with E-state index in [-0.39, 0.29) is 6.61 Å². The Morgan fingerprint density at radius 1 is 1.23 bits per heavy atom. The molecule has 0 aliphatic rings. The van der Waals surface area contributed by atoms with Crippen molar-refractivity contribution >= 4 is 11.6 Å². The number of halogens is 1. The highest BCUT2D eigenvalue weighted by atomic mass is 35.5. The lowest BCUT2D eigenvalue weighted by atomic mass is 10.3. The third-order valence-electron chi connectivity index (χ3n) is 4.15. The highest BCUT2D eigenvalue weighted by Gasteiger charge is 2.21. The molecule has 2 aromatic heterocycles. The van der Waals surface area contributed by atoms with Gasteiger partial charge in [0, 0.05) is 7.05 Å². The molecule has 26 heavy (non-hydrogen) atoms. The van der Waals surface area contributed by atoms with Crippen molar-refractivity contribution in [1.82, 2.24) is 24.5 Å². The second-order valence-electron chi connectivity index (χ2n) is 6.07. The molecule has 7 nitrogen and oxygen atoms in total. The van der Waals surface area contributed by atoms with Crippen LogP contribution >= 0.6 is 11.6 Å². The average molecular weight is 376 g/mol. The molecule has 0 aliphatic heterocycles. The summed E-state index contributed by atoms with van der Waals surface area (Å²) in [7, 11) is 1.83. The van der Waals surface area contributed by atoms with Gasteiger partial charge >= 0.3 is 0 Å².